The van der Waals surface area contributed by atoms with Crippen LogP contribution in [0.2, 0.25) is 0 Å². The number of rotatable bonds is 5. The Morgan fingerprint density at radius 3 is 2.74 bits per heavy atom. The minimum absolute atomic E-state index is 0.217. The first kappa shape index (κ1) is 14.3. The molecule has 0 amide bonds. The van der Waals surface area contributed by atoms with Crippen molar-refractivity contribution >= 4 is 5.78 Å². The van der Waals surface area contributed by atoms with Gasteiger partial charge in [-0.05, 0) is 36.7 Å². The third-order valence-electron chi connectivity index (χ3n) is 4.43. The van der Waals surface area contributed by atoms with E-state index in [-0.39, 0.29) is 5.92 Å². The van der Waals surface area contributed by atoms with E-state index in [0.717, 1.165) is 32.3 Å². The van der Waals surface area contributed by atoms with E-state index in [1.807, 2.05) is 0 Å². The van der Waals surface area contributed by atoms with E-state index in [1.165, 1.54) is 5.56 Å². The van der Waals surface area contributed by atoms with Crippen LogP contribution in [0.4, 0.5) is 0 Å². The quantitative estimate of drug-likeness (QED) is 0.804. The van der Waals surface area contributed by atoms with Crippen molar-refractivity contribution in [2.24, 2.45) is 11.8 Å². The molecule has 0 bridgehead atoms. The molecule has 104 valence electrons. The number of benzene rings is 1. The van der Waals surface area contributed by atoms with Crippen LogP contribution in [0, 0.1) is 11.8 Å². The Morgan fingerprint density at radius 2 is 2.05 bits per heavy atom. The fraction of sp³-hybridized carbons (Fsp3) is 0.588. The lowest BCUT2D eigenvalue weighted by Gasteiger charge is -2.32. The second-order valence-electron chi connectivity index (χ2n) is 5.71. The van der Waals surface area contributed by atoms with Crippen LogP contribution in [-0.2, 0) is 9.53 Å². The summed E-state index contributed by atoms with van der Waals surface area (Å²) in [7, 11) is 1.72. The lowest BCUT2D eigenvalue weighted by Crippen LogP contribution is -2.29. The molecule has 3 unspecified atom stereocenters. The molecule has 0 spiro atoms. The van der Waals surface area contributed by atoms with Crippen molar-refractivity contribution in [2.45, 2.75) is 38.5 Å². The second-order valence-corrected chi connectivity index (χ2v) is 5.71. The predicted molar refractivity (Wildman–Crippen MR) is 77.2 cm³/mol. The van der Waals surface area contributed by atoms with Gasteiger partial charge in [-0.3, -0.25) is 4.79 Å². The van der Waals surface area contributed by atoms with Crippen molar-refractivity contribution in [2.75, 3.05) is 13.7 Å². The molecule has 1 aromatic rings. The molecule has 3 atom stereocenters. The molecule has 0 aliphatic heterocycles. The summed E-state index contributed by atoms with van der Waals surface area (Å²) in [5, 5.41) is 0. The molecule has 19 heavy (non-hydrogen) atoms. The summed E-state index contributed by atoms with van der Waals surface area (Å²) in [6, 6.07) is 10.6. The number of carbonyl (C=O) groups excluding carboxylic acids is 1. The second kappa shape index (κ2) is 6.85. The van der Waals surface area contributed by atoms with Gasteiger partial charge >= 0.3 is 0 Å². The van der Waals surface area contributed by atoms with Crippen LogP contribution in [0.15, 0.2) is 30.3 Å². The maximum Gasteiger partial charge on any atom is 0.136 e. The Labute approximate surface area is 116 Å². The zero-order valence-corrected chi connectivity index (χ0v) is 12.0. The highest BCUT2D eigenvalue weighted by Crippen LogP contribution is 2.38. The number of Topliss-reactive ketones (excluding diaryl/α,β-unsaturated/α-hetero) is 1. The minimum atomic E-state index is 0.217. The molecule has 0 aromatic heterocycles. The first-order valence-corrected chi connectivity index (χ1v) is 7.29. The summed E-state index contributed by atoms with van der Waals surface area (Å²) in [5.41, 5.74) is 1.39. The Morgan fingerprint density at radius 1 is 1.32 bits per heavy atom. The lowest BCUT2D eigenvalue weighted by molar-refractivity contribution is -0.126. The molecular formula is C17H24O2. The first-order valence-electron chi connectivity index (χ1n) is 7.29. The number of ether oxygens (including phenoxy) is 1. The monoisotopic (exact) mass is 260 g/mol. The van der Waals surface area contributed by atoms with Gasteiger partial charge in [0.2, 0.25) is 0 Å². The number of ketones is 1. The summed E-state index contributed by atoms with van der Waals surface area (Å²) in [6.45, 7) is 2.94. The summed E-state index contributed by atoms with van der Waals surface area (Å²) < 4.78 is 5.14. The van der Waals surface area contributed by atoms with Crippen molar-refractivity contribution < 1.29 is 9.53 Å². The zero-order chi connectivity index (χ0) is 13.7. The largest absolute Gasteiger partial charge is 0.385 e. The molecule has 0 heterocycles. The minimum Gasteiger partial charge on any atom is -0.385 e. The molecule has 2 nitrogen and oxygen atoms in total. The van der Waals surface area contributed by atoms with Crippen molar-refractivity contribution in [3.8, 4) is 0 Å². The highest BCUT2D eigenvalue weighted by Gasteiger charge is 2.32. The van der Waals surface area contributed by atoms with Gasteiger partial charge in [-0.2, -0.15) is 0 Å². The highest BCUT2D eigenvalue weighted by atomic mass is 16.5. The predicted octanol–water partition coefficient (Wildman–Crippen LogP) is 3.81. The van der Waals surface area contributed by atoms with Gasteiger partial charge < -0.3 is 4.74 Å². The van der Waals surface area contributed by atoms with Crippen LogP contribution in [-0.4, -0.2) is 19.5 Å². The van der Waals surface area contributed by atoms with Gasteiger partial charge in [-0.1, -0.05) is 37.3 Å². The Balaban J connectivity index is 2.01. The fourth-order valence-electron chi connectivity index (χ4n) is 3.14. The Hall–Kier alpha value is -1.15. The van der Waals surface area contributed by atoms with E-state index >= 15 is 0 Å². The van der Waals surface area contributed by atoms with Gasteiger partial charge in [0, 0.05) is 26.1 Å². The molecule has 2 rings (SSSR count). The van der Waals surface area contributed by atoms with E-state index in [2.05, 4.69) is 37.3 Å². The van der Waals surface area contributed by atoms with Crippen molar-refractivity contribution in [3.05, 3.63) is 35.9 Å². The molecule has 0 radical (unpaired) electrons. The lowest BCUT2D eigenvalue weighted by atomic mass is 9.72. The highest BCUT2D eigenvalue weighted by molar-refractivity contribution is 5.82. The first-order chi connectivity index (χ1) is 9.22. The third-order valence-corrected chi connectivity index (χ3v) is 4.43. The van der Waals surface area contributed by atoms with Crippen LogP contribution in [0.5, 0.6) is 0 Å². The van der Waals surface area contributed by atoms with Crippen LogP contribution < -0.4 is 0 Å². The Kier molecular flexibility index (Phi) is 5.15. The number of carbonyl (C=O) groups is 1. The molecule has 1 saturated carbocycles. The SMILES string of the molecule is COCCC(C)C1CC(c2ccccc2)CCC1=O. The van der Waals surface area contributed by atoms with E-state index in [9.17, 15) is 4.79 Å². The molecule has 1 aromatic carbocycles. The van der Waals surface area contributed by atoms with Crippen molar-refractivity contribution in [3.63, 3.8) is 0 Å². The molecule has 1 aliphatic rings. The summed E-state index contributed by atoms with van der Waals surface area (Å²) in [5.74, 6) is 1.65. The van der Waals surface area contributed by atoms with Gasteiger partial charge in [0.1, 0.15) is 5.78 Å². The maximum atomic E-state index is 12.1. The van der Waals surface area contributed by atoms with Gasteiger partial charge in [-0.25, -0.2) is 0 Å². The normalized spacial score (nSPS) is 25.3. The van der Waals surface area contributed by atoms with E-state index in [4.69, 9.17) is 4.74 Å². The number of hydrogen-bond acceptors (Lipinski definition) is 2. The topological polar surface area (TPSA) is 26.3 Å². The van der Waals surface area contributed by atoms with Crippen molar-refractivity contribution in [1.82, 2.24) is 0 Å². The van der Waals surface area contributed by atoms with Gasteiger partial charge in [0.25, 0.3) is 0 Å². The molecule has 2 heteroatoms. The van der Waals surface area contributed by atoms with Crippen LogP contribution in [0.3, 0.4) is 0 Å². The standard InChI is InChI=1S/C17H24O2/c1-13(10-11-19-2)16-12-15(8-9-17(16)18)14-6-4-3-5-7-14/h3-7,13,15-16H,8-12H2,1-2H3. The summed E-state index contributed by atoms with van der Waals surface area (Å²) in [6.07, 6.45) is 3.74. The fourth-order valence-corrected chi connectivity index (χ4v) is 3.14. The van der Waals surface area contributed by atoms with Crippen molar-refractivity contribution in [1.29, 1.82) is 0 Å². The summed E-state index contributed by atoms with van der Waals surface area (Å²) in [4.78, 5) is 12.1. The van der Waals surface area contributed by atoms with Crippen LogP contribution in [0.1, 0.15) is 44.1 Å². The number of methoxy groups -OCH3 is 1. The molecule has 1 aliphatic carbocycles. The Bertz CT molecular complexity index is 399. The van der Waals surface area contributed by atoms with Crippen LogP contribution in [0.25, 0.3) is 0 Å². The van der Waals surface area contributed by atoms with Gasteiger partial charge in [0.15, 0.2) is 0 Å². The van der Waals surface area contributed by atoms with Gasteiger partial charge in [0.05, 0.1) is 0 Å². The van der Waals surface area contributed by atoms with Gasteiger partial charge in [-0.15, -0.1) is 0 Å². The average Bonchev–Trinajstić information content (AvgIpc) is 2.46. The average molecular weight is 260 g/mol. The molecular weight excluding hydrogens is 236 g/mol. The maximum absolute atomic E-state index is 12.1. The summed E-state index contributed by atoms with van der Waals surface area (Å²) >= 11 is 0. The smallest absolute Gasteiger partial charge is 0.136 e. The number of hydrogen-bond donors (Lipinski definition) is 0. The van der Waals surface area contributed by atoms with E-state index in [1.54, 1.807) is 7.11 Å². The molecule has 0 N–H and O–H groups in total. The molecule has 1 fully saturated rings. The van der Waals surface area contributed by atoms with Crippen LogP contribution >= 0.6 is 0 Å². The molecule has 0 saturated heterocycles. The van der Waals surface area contributed by atoms with E-state index in [0.29, 0.717) is 17.6 Å². The van der Waals surface area contributed by atoms with E-state index < -0.39 is 0 Å². The third kappa shape index (κ3) is 3.66. The zero-order valence-electron chi connectivity index (χ0n) is 12.0.